The van der Waals surface area contributed by atoms with Crippen molar-refractivity contribution in [3.63, 3.8) is 0 Å². The predicted octanol–water partition coefficient (Wildman–Crippen LogP) is 2.84. The molecule has 168 valence electrons. The van der Waals surface area contributed by atoms with Crippen LogP contribution in [0.25, 0.3) is 0 Å². The molecule has 0 saturated carbocycles. The van der Waals surface area contributed by atoms with E-state index < -0.39 is 0 Å². The minimum absolute atomic E-state index is 0.0594. The Morgan fingerprint density at radius 2 is 1.87 bits per heavy atom. The minimum atomic E-state index is 0.0594. The smallest absolute Gasteiger partial charge is 0.224 e. The Morgan fingerprint density at radius 3 is 2.47 bits per heavy atom. The van der Waals surface area contributed by atoms with Gasteiger partial charge in [0.1, 0.15) is 0 Å². The van der Waals surface area contributed by atoms with Gasteiger partial charge in [-0.1, -0.05) is 32.9 Å². The topological polar surface area (TPSA) is 78.0 Å². The summed E-state index contributed by atoms with van der Waals surface area (Å²) >= 11 is 0. The molecule has 7 heteroatoms. The summed E-state index contributed by atoms with van der Waals surface area (Å²) in [6.07, 6.45) is 2.55. The lowest BCUT2D eigenvalue weighted by Gasteiger charge is -2.35. The van der Waals surface area contributed by atoms with Crippen LogP contribution in [0.15, 0.2) is 29.3 Å². The molecule has 1 aromatic rings. The van der Waals surface area contributed by atoms with Gasteiger partial charge >= 0.3 is 0 Å². The fourth-order valence-corrected chi connectivity index (χ4v) is 3.63. The Morgan fingerprint density at radius 1 is 1.17 bits per heavy atom. The lowest BCUT2D eigenvalue weighted by molar-refractivity contribution is -0.116. The molecule has 1 atom stereocenters. The first kappa shape index (κ1) is 24.2. The summed E-state index contributed by atoms with van der Waals surface area (Å²) in [7, 11) is 1.80. The van der Waals surface area contributed by atoms with Crippen LogP contribution in [0, 0.1) is 5.92 Å². The monoisotopic (exact) mass is 417 g/mol. The average Bonchev–Trinajstić information content (AvgIpc) is 2.74. The molecule has 0 aromatic heterocycles. The van der Waals surface area contributed by atoms with Crippen LogP contribution in [-0.4, -0.2) is 62.7 Å². The summed E-state index contributed by atoms with van der Waals surface area (Å²) < 4.78 is 5.51. The van der Waals surface area contributed by atoms with Crippen LogP contribution in [0.5, 0.6) is 0 Å². The van der Waals surface area contributed by atoms with Gasteiger partial charge in [-0.05, 0) is 36.5 Å². The number of ether oxygens (including phenoxy) is 1. The van der Waals surface area contributed by atoms with E-state index in [0.29, 0.717) is 24.9 Å². The number of benzene rings is 1. The molecule has 1 saturated heterocycles. The lowest BCUT2D eigenvalue weighted by Crippen LogP contribution is -2.50. The summed E-state index contributed by atoms with van der Waals surface area (Å²) in [4.78, 5) is 18.6. The normalized spacial score (nSPS) is 16.4. The van der Waals surface area contributed by atoms with E-state index in [1.54, 1.807) is 7.05 Å². The van der Waals surface area contributed by atoms with Crippen LogP contribution in [0.3, 0.4) is 0 Å². The van der Waals surface area contributed by atoms with Gasteiger partial charge in [0, 0.05) is 51.4 Å². The molecule has 1 fully saturated rings. The van der Waals surface area contributed by atoms with Crippen molar-refractivity contribution in [3.8, 4) is 0 Å². The van der Waals surface area contributed by atoms with E-state index in [0.717, 1.165) is 62.9 Å². The third kappa shape index (κ3) is 8.71. The van der Waals surface area contributed by atoms with Gasteiger partial charge in [0.05, 0.1) is 13.2 Å². The van der Waals surface area contributed by atoms with E-state index in [4.69, 9.17) is 4.74 Å². The zero-order valence-electron chi connectivity index (χ0n) is 19.0. The second-order valence-electron chi connectivity index (χ2n) is 8.23. The van der Waals surface area contributed by atoms with Crippen molar-refractivity contribution in [2.45, 2.75) is 52.6 Å². The second-order valence-corrected chi connectivity index (χ2v) is 8.23. The van der Waals surface area contributed by atoms with Crippen LogP contribution in [0.4, 0.5) is 5.69 Å². The van der Waals surface area contributed by atoms with Gasteiger partial charge in [-0.2, -0.15) is 0 Å². The molecule has 1 aliphatic heterocycles. The highest BCUT2D eigenvalue weighted by Crippen LogP contribution is 2.13. The molecule has 1 aromatic carbocycles. The number of morpholine rings is 1. The number of nitrogens with zero attached hydrogens (tertiary/aromatic N) is 2. The highest BCUT2D eigenvalue weighted by atomic mass is 16.5. The Bertz CT molecular complexity index is 654. The van der Waals surface area contributed by atoms with Gasteiger partial charge < -0.3 is 20.7 Å². The Labute approximate surface area is 181 Å². The van der Waals surface area contributed by atoms with E-state index in [1.165, 1.54) is 0 Å². The molecule has 1 heterocycles. The van der Waals surface area contributed by atoms with E-state index >= 15 is 0 Å². The molecule has 2 rings (SSSR count). The van der Waals surface area contributed by atoms with E-state index in [-0.39, 0.29) is 5.91 Å². The number of carbonyl (C=O) groups is 1. The molecular formula is C23H39N5O2. The predicted molar refractivity (Wildman–Crippen MR) is 124 cm³/mol. The number of guanidine groups is 1. The van der Waals surface area contributed by atoms with Crippen molar-refractivity contribution >= 4 is 17.6 Å². The van der Waals surface area contributed by atoms with Crippen LogP contribution in [0.1, 0.15) is 45.6 Å². The fourth-order valence-electron chi connectivity index (χ4n) is 3.63. The standard InChI is InChI=1S/C23H39N5O2/c1-5-6-22(29)27-20-9-7-19(8-10-20)16-25-23(24-4)26-17-21(15-18(2)3)28-11-13-30-14-12-28/h7-10,18,21H,5-6,11-17H2,1-4H3,(H,27,29)(H2,24,25,26). The summed E-state index contributed by atoms with van der Waals surface area (Å²) in [5.74, 6) is 1.51. The van der Waals surface area contributed by atoms with Crippen LogP contribution in [0.2, 0.25) is 0 Å². The zero-order valence-corrected chi connectivity index (χ0v) is 19.0. The number of nitrogens with one attached hydrogen (secondary N) is 3. The number of carbonyl (C=O) groups excluding carboxylic acids is 1. The van der Waals surface area contributed by atoms with Crippen molar-refractivity contribution in [3.05, 3.63) is 29.8 Å². The van der Waals surface area contributed by atoms with Crippen molar-refractivity contribution in [2.24, 2.45) is 10.9 Å². The maximum absolute atomic E-state index is 11.7. The molecule has 0 aliphatic carbocycles. The summed E-state index contributed by atoms with van der Waals surface area (Å²) in [6, 6.07) is 8.41. The number of aliphatic imine (C=N–C) groups is 1. The molecule has 1 amide bonds. The van der Waals surface area contributed by atoms with Crippen molar-refractivity contribution < 1.29 is 9.53 Å². The minimum Gasteiger partial charge on any atom is -0.379 e. The summed E-state index contributed by atoms with van der Waals surface area (Å²) in [6.45, 7) is 11.7. The molecule has 1 unspecified atom stereocenters. The molecule has 0 radical (unpaired) electrons. The number of amides is 1. The first-order chi connectivity index (χ1) is 14.5. The van der Waals surface area contributed by atoms with E-state index in [2.05, 4.69) is 39.7 Å². The van der Waals surface area contributed by atoms with Crippen LogP contribution < -0.4 is 16.0 Å². The van der Waals surface area contributed by atoms with Gasteiger partial charge in [0.15, 0.2) is 5.96 Å². The van der Waals surface area contributed by atoms with E-state index in [1.807, 2.05) is 31.2 Å². The molecule has 30 heavy (non-hydrogen) atoms. The third-order valence-electron chi connectivity index (χ3n) is 5.21. The van der Waals surface area contributed by atoms with Gasteiger partial charge in [0.25, 0.3) is 0 Å². The maximum Gasteiger partial charge on any atom is 0.224 e. The summed E-state index contributed by atoms with van der Waals surface area (Å²) in [5, 5.41) is 9.80. The van der Waals surface area contributed by atoms with Gasteiger partial charge in [-0.25, -0.2) is 0 Å². The Hall–Kier alpha value is -2.12. The molecule has 7 nitrogen and oxygen atoms in total. The van der Waals surface area contributed by atoms with Crippen LogP contribution in [-0.2, 0) is 16.1 Å². The largest absolute Gasteiger partial charge is 0.379 e. The number of hydrogen-bond acceptors (Lipinski definition) is 4. The highest BCUT2D eigenvalue weighted by Gasteiger charge is 2.22. The Balaban J connectivity index is 1.82. The first-order valence-electron chi connectivity index (χ1n) is 11.2. The average molecular weight is 418 g/mol. The number of rotatable bonds is 10. The lowest BCUT2D eigenvalue weighted by atomic mass is 10.0. The molecule has 1 aliphatic rings. The molecular weight excluding hydrogens is 378 g/mol. The number of anilines is 1. The van der Waals surface area contributed by atoms with Gasteiger partial charge in [-0.15, -0.1) is 0 Å². The molecule has 3 N–H and O–H groups in total. The van der Waals surface area contributed by atoms with Gasteiger partial charge in [0.2, 0.25) is 5.91 Å². The van der Waals surface area contributed by atoms with Crippen molar-refractivity contribution in [2.75, 3.05) is 45.2 Å². The Kier molecular flexibility index (Phi) is 10.7. The van der Waals surface area contributed by atoms with Gasteiger partial charge in [-0.3, -0.25) is 14.7 Å². The quantitative estimate of drug-likeness (QED) is 0.403. The van der Waals surface area contributed by atoms with Crippen molar-refractivity contribution in [1.29, 1.82) is 0 Å². The maximum atomic E-state index is 11.7. The second kappa shape index (κ2) is 13.2. The van der Waals surface area contributed by atoms with E-state index in [9.17, 15) is 4.79 Å². The first-order valence-corrected chi connectivity index (χ1v) is 11.2. The zero-order chi connectivity index (χ0) is 21.8. The highest BCUT2D eigenvalue weighted by molar-refractivity contribution is 5.90. The van der Waals surface area contributed by atoms with Crippen LogP contribution >= 0.6 is 0 Å². The fraction of sp³-hybridized carbons (Fsp3) is 0.652. The molecule has 0 bridgehead atoms. The third-order valence-corrected chi connectivity index (χ3v) is 5.21. The van der Waals surface area contributed by atoms with Crippen molar-refractivity contribution in [1.82, 2.24) is 15.5 Å². The summed E-state index contributed by atoms with van der Waals surface area (Å²) in [5.41, 5.74) is 1.97. The SMILES string of the molecule is CCCC(=O)Nc1ccc(CNC(=NC)NCC(CC(C)C)N2CCOCC2)cc1. The number of hydrogen-bond donors (Lipinski definition) is 3. The molecule has 0 spiro atoms.